The minimum absolute atomic E-state index is 0.0167. The van der Waals surface area contributed by atoms with Crippen molar-refractivity contribution in [3.8, 4) is 0 Å². The second kappa shape index (κ2) is 8.08. The van der Waals surface area contributed by atoms with Crippen LogP contribution in [0.5, 0.6) is 0 Å². The fourth-order valence-corrected chi connectivity index (χ4v) is 3.70. The fraction of sp³-hybridized carbons (Fsp3) is 0.632. The van der Waals surface area contributed by atoms with Gasteiger partial charge in [-0.15, -0.1) is 0 Å². The molecule has 1 aliphatic rings. The Bertz CT molecular complexity index is 564. The first kappa shape index (κ1) is 18.9. The molecule has 1 fully saturated rings. The Morgan fingerprint density at radius 2 is 2.25 bits per heavy atom. The molecular weight excluding hydrogens is 307 g/mol. The number of likely N-dealkylation sites (N-methyl/N-ethyl adjacent to an activating group) is 1. The molecule has 24 heavy (non-hydrogen) atoms. The molecule has 134 valence electrons. The molecule has 0 bridgehead atoms. The number of carbonyl (C=O) groups excluding carboxylic acids is 1. The van der Waals surface area contributed by atoms with Crippen LogP contribution >= 0.6 is 0 Å². The van der Waals surface area contributed by atoms with E-state index in [-0.39, 0.29) is 17.9 Å². The predicted octanol–water partition coefficient (Wildman–Crippen LogP) is 2.88. The molecule has 1 saturated carbocycles. The topological polar surface area (TPSA) is 52.6 Å². The van der Waals surface area contributed by atoms with Crippen molar-refractivity contribution < 1.29 is 14.3 Å². The molecule has 0 saturated heterocycles. The van der Waals surface area contributed by atoms with Gasteiger partial charge in [-0.05, 0) is 50.6 Å². The van der Waals surface area contributed by atoms with Gasteiger partial charge in [0.15, 0.2) is 0 Å². The van der Waals surface area contributed by atoms with E-state index in [0.29, 0.717) is 18.0 Å². The summed E-state index contributed by atoms with van der Waals surface area (Å²) in [7, 11) is 4.12. The minimum Gasteiger partial charge on any atom is -0.388 e. The van der Waals surface area contributed by atoms with Crippen molar-refractivity contribution in [2.24, 2.45) is 5.92 Å². The van der Waals surface area contributed by atoms with Crippen molar-refractivity contribution in [3.63, 3.8) is 0 Å². The second-order valence-corrected chi connectivity index (χ2v) is 7.37. The van der Waals surface area contributed by atoms with Gasteiger partial charge in [0.2, 0.25) is 5.91 Å². The van der Waals surface area contributed by atoms with Crippen LogP contribution in [-0.2, 0) is 4.79 Å². The number of nitrogens with zero attached hydrogens (tertiary/aromatic N) is 1. The molecule has 0 aromatic heterocycles. The van der Waals surface area contributed by atoms with Crippen molar-refractivity contribution in [2.75, 3.05) is 20.6 Å². The number of aliphatic hydroxyl groups excluding tert-OH is 1. The highest BCUT2D eigenvalue weighted by molar-refractivity contribution is 5.76. The maximum atomic E-state index is 13.2. The predicted molar refractivity (Wildman–Crippen MR) is 93.0 cm³/mol. The molecule has 2 N–H and O–H groups in total. The van der Waals surface area contributed by atoms with Gasteiger partial charge in [0.25, 0.3) is 0 Å². The second-order valence-electron chi connectivity index (χ2n) is 7.37. The Morgan fingerprint density at radius 1 is 1.50 bits per heavy atom. The number of rotatable bonds is 6. The van der Waals surface area contributed by atoms with Gasteiger partial charge >= 0.3 is 0 Å². The first-order valence-electron chi connectivity index (χ1n) is 8.70. The third-order valence-electron chi connectivity index (χ3n) is 5.24. The van der Waals surface area contributed by atoms with Crippen molar-refractivity contribution in [2.45, 2.75) is 50.7 Å². The Morgan fingerprint density at radius 3 is 2.88 bits per heavy atom. The molecular formula is C19H29FN2O2. The van der Waals surface area contributed by atoms with Crippen LogP contribution in [0.3, 0.4) is 0 Å². The SMILES string of the molecule is CC1CCCC(CNC(=O)CC(O)c2cccc(F)c2)(N(C)C)C1. The lowest BCUT2D eigenvalue weighted by Gasteiger charge is -2.45. The summed E-state index contributed by atoms with van der Waals surface area (Å²) in [5, 5.41) is 13.1. The molecule has 0 spiro atoms. The smallest absolute Gasteiger partial charge is 0.223 e. The van der Waals surface area contributed by atoms with E-state index in [0.717, 1.165) is 12.8 Å². The maximum absolute atomic E-state index is 13.2. The van der Waals surface area contributed by atoms with Crippen molar-refractivity contribution in [3.05, 3.63) is 35.6 Å². The third-order valence-corrected chi connectivity index (χ3v) is 5.24. The van der Waals surface area contributed by atoms with Crippen molar-refractivity contribution in [1.82, 2.24) is 10.2 Å². The first-order chi connectivity index (χ1) is 11.3. The third kappa shape index (κ3) is 4.77. The highest BCUT2D eigenvalue weighted by atomic mass is 19.1. The number of benzene rings is 1. The zero-order valence-corrected chi connectivity index (χ0v) is 14.9. The van der Waals surface area contributed by atoms with Gasteiger partial charge in [0.1, 0.15) is 5.82 Å². The van der Waals surface area contributed by atoms with E-state index in [1.807, 2.05) is 0 Å². The lowest BCUT2D eigenvalue weighted by molar-refractivity contribution is -0.123. The number of hydrogen-bond donors (Lipinski definition) is 2. The quantitative estimate of drug-likeness (QED) is 0.840. The van der Waals surface area contributed by atoms with E-state index < -0.39 is 11.9 Å². The molecule has 1 aromatic carbocycles. The van der Waals surface area contributed by atoms with Gasteiger partial charge in [0, 0.05) is 12.1 Å². The number of aliphatic hydroxyl groups is 1. The zero-order chi connectivity index (χ0) is 17.7. The van der Waals surface area contributed by atoms with Crippen LogP contribution in [0.4, 0.5) is 4.39 Å². The molecule has 3 unspecified atom stereocenters. The van der Waals surface area contributed by atoms with Gasteiger partial charge in [-0.1, -0.05) is 31.9 Å². The molecule has 0 heterocycles. The van der Waals surface area contributed by atoms with Gasteiger partial charge in [0.05, 0.1) is 12.5 Å². The van der Waals surface area contributed by atoms with Crippen LogP contribution in [0, 0.1) is 11.7 Å². The van der Waals surface area contributed by atoms with Crippen LogP contribution < -0.4 is 5.32 Å². The standard InChI is InChI=1S/C19H29FN2O2/c1-14-6-5-9-19(12-14,22(2)3)13-21-18(24)11-17(23)15-7-4-8-16(20)10-15/h4,7-8,10,14,17,23H,5-6,9,11-13H2,1-3H3,(H,21,24). The summed E-state index contributed by atoms with van der Waals surface area (Å²) in [6.45, 7) is 2.84. The summed E-state index contributed by atoms with van der Waals surface area (Å²) < 4.78 is 13.2. The molecule has 1 aromatic rings. The summed E-state index contributed by atoms with van der Waals surface area (Å²) in [5.74, 6) is 0.0388. The Balaban J connectivity index is 1.91. The summed E-state index contributed by atoms with van der Waals surface area (Å²) >= 11 is 0. The van der Waals surface area contributed by atoms with E-state index in [4.69, 9.17) is 0 Å². The average molecular weight is 336 g/mol. The highest BCUT2D eigenvalue weighted by Gasteiger charge is 2.37. The van der Waals surface area contributed by atoms with Gasteiger partial charge in [-0.2, -0.15) is 0 Å². The van der Waals surface area contributed by atoms with Crippen molar-refractivity contribution >= 4 is 5.91 Å². The van der Waals surface area contributed by atoms with Gasteiger partial charge < -0.3 is 15.3 Å². The Kier molecular flexibility index (Phi) is 6.35. The van der Waals surface area contributed by atoms with Crippen LogP contribution in [-0.4, -0.2) is 42.1 Å². The first-order valence-corrected chi connectivity index (χ1v) is 8.70. The number of halogens is 1. The number of nitrogens with one attached hydrogen (secondary N) is 1. The minimum atomic E-state index is -0.985. The molecule has 1 aliphatic carbocycles. The number of carbonyl (C=O) groups is 1. The Hall–Kier alpha value is -1.46. The molecule has 0 radical (unpaired) electrons. The molecule has 3 atom stereocenters. The summed E-state index contributed by atoms with van der Waals surface area (Å²) in [6, 6.07) is 5.75. The normalized spacial score (nSPS) is 25.5. The summed E-state index contributed by atoms with van der Waals surface area (Å²) in [6.07, 6.45) is 3.50. The zero-order valence-electron chi connectivity index (χ0n) is 14.9. The van der Waals surface area contributed by atoms with Crippen LogP contribution in [0.15, 0.2) is 24.3 Å². The largest absolute Gasteiger partial charge is 0.388 e. The Labute approximate surface area is 144 Å². The maximum Gasteiger partial charge on any atom is 0.223 e. The lowest BCUT2D eigenvalue weighted by Crippen LogP contribution is -2.55. The van der Waals surface area contributed by atoms with E-state index in [1.54, 1.807) is 6.07 Å². The van der Waals surface area contributed by atoms with Crippen LogP contribution in [0.2, 0.25) is 0 Å². The summed E-state index contributed by atoms with van der Waals surface area (Å²) in [5.41, 5.74) is 0.413. The fourth-order valence-electron chi connectivity index (χ4n) is 3.70. The van der Waals surface area contributed by atoms with Crippen LogP contribution in [0.1, 0.15) is 50.7 Å². The van der Waals surface area contributed by atoms with E-state index >= 15 is 0 Å². The van der Waals surface area contributed by atoms with Crippen molar-refractivity contribution in [1.29, 1.82) is 0 Å². The van der Waals surface area contributed by atoms with Crippen LogP contribution in [0.25, 0.3) is 0 Å². The molecule has 0 aliphatic heterocycles. The molecule has 5 heteroatoms. The van der Waals surface area contributed by atoms with E-state index in [9.17, 15) is 14.3 Å². The molecule has 2 rings (SSSR count). The lowest BCUT2D eigenvalue weighted by atomic mass is 9.75. The number of amides is 1. The van der Waals surface area contributed by atoms with E-state index in [1.165, 1.54) is 31.0 Å². The van der Waals surface area contributed by atoms with Gasteiger partial charge in [-0.25, -0.2) is 4.39 Å². The monoisotopic (exact) mass is 336 g/mol. The van der Waals surface area contributed by atoms with E-state index in [2.05, 4.69) is 31.2 Å². The molecule has 4 nitrogen and oxygen atoms in total. The number of hydrogen-bond acceptors (Lipinski definition) is 3. The average Bonchev–Trinajstić information content (AvgIpc) is 2.53. The summed E-state index contributed by atoms with van der Waals surface area (Å²) in [4.78, 5) is 14.4. The van der Waals surface area contributed by atoms with Gasteiger partial charge in [-0.3, -0.25) is 4.79 Å². The molecule has 1 amide bonds. The highest BCUT2D eigenvalue weighted by Crippen LogP contribution is 2.35.